The molecule has 2 heterocycles. The monoisotopic (exact) mass is 833 g/mol. The molecule has 2 nitrogen and oxygen atoms in total. The standard InChI is InChI=1S/C59H85BN2/c1-57(2,3)44-27-32-49(33-28-44)62-52-34-26-43(41-20-14-10-15-21-41)36-50(52)60-51-37-46(58(4,5)6)29-35-53(51)61(48-30-24-42(25-31-48)40-18-12-9-13-19-40)54-38-47(39-55(62)56(54)60)59(7,8)45-22-16-11-17-23-45/h24,26-27,30-32,34-35,37,39-43,45-47,50,52H,9-23,25,28-29,33,36,38H2,1-8H3. The molecule has 6 unspecified atom stereocenters. The highest BCUT2D eigenvalue weighted by Crippen LogP contribution is 2.61. The van der Waals surface area contributed by atoms with Gasteiger partial charge >= 0.3 is 0 Å². The van der Waals surface area contributed by atoms with Crippen molar-refractivity contribution in [1.82, 2.24) is 9.80 Å². The van der Waals surface area contributed by atoms with Crippen LogP contribution in [0.5, 0.6) is 0 Å². The fourth-order valence-electron chi connectivity index (χ4n) is 15.2. The quantitative estimate of drug-likeness (QED) is 0.194. The molecule has 1 saturated heterocycles. The van der Waals surface area contributed by atoms with Gasteiger partial charge in [-0.05, 0) is 158 Å². The lowest BCUT2D eigenvalue weighted by atomic mass is 9.25. The molecule has 0 radical (unpaired) electrons. The highest BCUT2D eigenvalue weighted by Gasteiger charge is 2.57. The first-order valence-corrected chi connectivity index (χ1v) is 26.7. The Morgan fingerprint density at radius 3 is 1.92 bits per heavy atom. The fourth-order valence-corrected chi connectivity index (χ4v) is 15.2. The molecule has 3 saturated carbocycles. The van der Waals surface area contributed by atoms with E-state index in [4.69, 9.17) is 0 Å². The predicted octanol–water partition coefficient (Wildman–Crippen LogP) is 16.4. The van der Waals surface area contributed by atoms with Crippen molar-refractivity contribution in [3.63, 3.8) is 0 Å². The van der Waals surface area contributed by atoms with Crippen LogP contribution in [-0.4, -0.2) is 22.6 Å². The van der Waals surface area contributed by atoms with Crippen LogP contribution in [0.2, 0.25) is 5.82 Å². The van der Waals surface area contributed by atoms with Crippen LogP contribution in [0.3, 0.4) is 0 Å². The van der Waals surface area contributed by atoms with Gasteiger partial charge in [-0.25, -0.2) is 0 Å². The van der Waals surface area contributed by atoms with Crippen LogP contribution in [0.1, 0.15) is 190 Å². The summed E-state index contributed by atoms with van der Waals surface area (Å²) in [7, 11) is 0. The van der Waals surface area contributed by atoms with E-state index in [0.717, 1.165) is 30.6 Å². The largest absolute Gasteiger partial charge is 0.339 e. The molecule has 0 aromatic carbocycles. The molecule has 62 heavy (non-hydrogen) atoms. The van der Waals surface area contributed by atoms with Gasteiger partial charge < -0.3 is 9.80 Å². The van der Waals surface area contributed by atoms with Crippen LogP contribution in [0, 0.1) is 57.7 Å². The zero-order chi connectivity index (χ0) is 43.0. The first kappa shape index (κ1) is 43.2. The molecule has 0 aromatic heterocycles. The van der Waals surface area contributed by atoms with E-state index >= 15 is 0 Å². The van der Waals surface area contributed by atoms with Gasteiger partial charge in [0, 0.05) is 34.5 Å². The molecule has 2 aliphatic heterocycles. The zero-order valence-electron chi connectivity index (χ0n) is 40.8. The summed E-state index contributed by atoms with van der Waals surface area (Å²) < 4.78 is 0. The van der Waals surface area contributed by atoms with Crippen LogP contribution < -0.4 is 0 Å². The maximum atomic E-state index is 3.00. The maximum Gasteiger partial charge on any atom is 0.222 e. The summed E-state index contributed by atoms with van der Waals surface area (Å²) in [6, 6.07) is 0.400. The smallest absolute Gasteiger partial charge is 0.222 e. The molecule has 3 heteroatoms. The van der Waals surface area contributed by atoms with E-state index in [2.05, 4.69) is 126 Å². The predicted molar refractivity (Wildman–Crippen MR) is 265 cm³/mol. The Balaban J connectivity index is 1.17. The van der Waals surface area contributed by atoms with Crippen molar-refractivity contribution in [3.05, 3.63) is 106 Å². The molecule has 0 bridgehead atoms. The van der Waals surface area contributed by atoms with Gasteiger partial charge in [0.2, 0.25) is 6.71 Å². The second-order valence-electron chi connectivity index (χ2n) is 25.2. The van der Waals surface area contributed by atoms with Crippen molar-refractivity contribution < 1.29 is 0 Å². The summed E-state index contributed by atoms with van der Waals surface area (Å²) in [6.07, 6.45) is 55.8. The van der Waals surface area contributed by atoms with Gasteiger partial charge in [0.15, 0.2) is 0 Å². The van der Waals surface area contributed by atoms with Crippen LogP contribution in [0.4, 0.5) is 0 Å². The Bertz CT molecular complexity index is 1990. The molecule has 0 amide bonds. The summed E-state index contributed by atoms with van der Waals surface area (Å²) in [4.78, 5) is 5.93. The molecule has 6 atom stereocenters. The van der Waals surface area contributed by atoms with Crippen molar-refractivity contribution in [2.45, 2.75) is 202 Å². The fraction of sp³-hybridized carbons (Fsp3) is 0.695. The number of nitrogens with zero attached hydrogens (tertiary/aromatic N) is 2. The van der Waals surface area contributed by atoms with Crippen LogP contribution in [-0.2, 0) is 0 Å². The average molecular weight is 833 g/mol. The summed E-state index contributed by atoms with van der Waals surface area (Å²) in [6.45, 7) is 20.6. The van der Waals surface area contributed by atoms with Gasteiger partial charge in [0.1, 0.15) is 0 Å². The first-order valence-electron chi connectivity index (χ1n) is 26.7. The van der Waals surface area contributed by atoms with Gasteiger partial charge in [-0.3, -0.25) is 0 Å². The number of hydrogen-bond acceptors (Lipinski definition) is 2. The van der Waals surface area contributed by atoms with Crippen molar-refractivity contribution in [3.8, 4) is 0 Å². The van der Waals surface area contributed by atoms with Gasteiger partial charge in [-0.2, -0.15) is 0 Å². The van der Waals surface area contributed by atoms with E-state index in [1.54, 1.807) is 39.3 Å². The third-order valence-corrected chi connectivity index (χ3v) is 19.3. The van der Waals surface area contributed by atoms with E-state index in [1.807, 2.05) is 0 Å². The van der Waals surface area contributed by atoms with Crippen LogP contribution >= 0.6 is 0 Å². The number of rotatable bonds is 6. The second-order valence-corrected chi connectivity index (χ2v) is 25.2. The van der Waals surface area contributed by atoms with Crippen molar-refractivity contribution in [2.24, 2.45) is 57.7 Å². The second kappa shape index (κ2) is 17.0. The Morgan fingerprint density at radius 1 is 0.629 bits per heavy atom. The number of hydrogen-bond donors (Lipinski definition) is 0. The highest BCUT2D eigenvalue weighted by atomic mass is 15.2. The number of fused-ring (bicyclic) bond motifs is 4. The molecule has 10 aliphatic rings. The minimum atomic E-state index is 0.214. The van der Waals surface area contributed by atoms with Gasteiger partial charge in [0.05, 0.1) is 0 Å². The van der Waals surface area contributed by atoms with Crippen molar-refractivity contribution in [1.29, 1.82) is 0 Å². The summed E-state index contributed by atoms with van der Waals surface area (Å²) >= 11 is 0. The molecule has 8 aliphatic carbocycles. The highest BCUT2D eigenvalue weighted by molar-refractivity contribution is 6.78. The molecule has 334 valence electrons. The Morgan fingerprint density at radius 2 is 1.31 bits per heavy atom. The van der Waals surface area contributed by atoms with Gasteiger partial charge in [-0.1, -0.05) is 173 Å². The lowest BCUT2D eigenvalue weighted by Gasteiger charge is -2.58. The molecular weight excluding hydrogens is 747 g/mol. The van der Waals surface area contributed by atoms with Crippen LogP contribution in [0.15, 0.2) is 106 Å². The molecule has 0 N–H and O–H groups in total. The van der Waals surface area contributed by atoms with E-state index in [9.17, 15) is 0 Å². The Kier molecular flexibility index (Phi) is 11.8. The lowest BCUT2D eigenvalue weighted by Crippen LogP contribution is -2.57. The van der Waals surface area contributed by atoms with E-state index in [0.29, 0.717) is 42.2 Å². The molecular formula is C59H85BN2. The summed E-state index contributed by atoms with van der Waals surface area (Å²) in [5.41, 5.74) is 13.6. The molecule has 4 fully saturated rings. The minimum absolute atomic E-state index is 0.214. The van der Waals surface area contributed by atoms with Gasteiger partial charge in [0.25, 0.3) is 0 Å². The Labute approximate surface area is 380 Å². The summed E-state index contributed by atoms with van der Waals surface area (Å²) in [5.74, 6) is 5.55. The molecule has 0 spiro atoms. The molecule has 10 rings (SSSR count). The van der Waals surface area contributed by atoms with E-state index in [-0.39, 0.29) is 16.2 Å². The first-order chi connectivity index (χ1) is 29.8. The van der Waals surface area contributed by atoms with Crippen molar-refractivity contribution in [2.75, 3.05) is 0 Å². The normalized spacial score (nSPS) is 32.9. The minimum Gasteiger partial charge on any atom is -0.339 e. The van der Waals surface area contributed by atoms with Crippen molar-refractivity contribution >= 4 is 6.71 Å². The topological polar surface area (TPSA) is 6.48 Å². The third kappa shape index (κ3) is 7.94. The van der Waals surface area contributed by atoms with E-state index < -0.39 is 0 Å². The number of allylic oxidation sites excluding steroid dienone is 14. The van der Waals surface area contributed by atoms with Gasteiger partial charge in [-0.15, -0.1) is 0 Å². The van der Waals surface area contributed by atoms with E-state index in [1.165, 1.54) is 128 Å². The zero-order valence-corrected chi connectivity index (χ0v) is 40.8. The maximum absolute atomic E-state index is 3.00. The molecule has 0 aromatic rings. The average Bonchev–Trinajstić information content (AvgIpc) is 3.29. The third-order valence-electron chi connectivity index (χ3n) is 19.3. The SMILES string of the molecule is CC(C)(C)C1=CC=C(N2C3=CC(C(C)(C)C4CCCCC4)CC4=C3B(C3=CC(C(C)(C)C)CC=C3N4C3=CCC(C4CCCCC4)C=C3)C3CC(C4CCCCC4)C=CC32)CC1. The summed E-state index contributed by atoms with van der Waals surface area (Å²) in [5, 5.41) is 0. The lowest BCUT2D eigenvalue weighted by molar-refractivity contribution is 0.100. The van der Waals surface area contributed by atoms with Crippen LogP contribution in [0.25, 0.3) is 0 Å². The Hall–Kier alpha value is -2.68.